The quantitative estimate of drug-likeness (QED) is 0.541. The summed E-state index contributed by atoms with van der Waals surface area (Å²) in [4.78, 5) is 0. The van der Waals surface area contributed by atoms with Gasteiger partial charge in [-0.05, 0) is 12.8 Å². The molecule has 0 rings (SSSR count). The van der Waals surface area contributed by atoms with Gasteiger partial charge in [-0.15, -0.1) is 0 Å². The summed E-state index contributed by atoms with van der Waals surface area (Å²) in [7, 11) is 0. The first-order valence-corrected chi connectivity index (χ1v) is 3.39. The molecular weight excluding hydrogens is 114 g/mol. The van der Waals surface area contributed by atoms with Gasteiger partial charge in [-0.3, -0.25) is 0 Å². The summed E-state index contributed by atoms with van der Waals surface area (Å²) in [6.07, 6.45) is 4.86. The van der Waals surface area contributed by atoms with Crippen molar-refractivity contribution in [1.29, 1.82) is 5.26 Å². The number of hydrogen-bond donors (Lipinski definition) is 0. The summed E-state index contributed by atoms with van der Waals surface area (Å²) in [5.41, 5.74) is 0. The monoisotopic (exact) mass is 127 g/mol. The van der Waals surface area contributed by atoms with Crippen LogP contribution in [-0.4, -0.2) is 6.10 Å². The van der Waals surface area contributed by atoms with E-state index in [1.54, 1.807) is 6.26 Å². The summed E-state index contributed by atoms with van der Waals surface area (Å²) in [5.74, 6) is 0. The molecule has 9 heavy (non-hydrogen) atoms. The number of hydrogen-bond acceptors (Lipinski definition) is 2. The smallest absolute Gasteiger partial charge is 0.286 e. The second-order valence-corrected chi connectivity index (χ2v) is 2.03. The van der Waals surface area contributed by atoms with E-state index in [0.717, 1.165) is 19.3 Å². The summed E-state index contributed by atoms with van der Waals surface area (Å²) in [6, 6.07) is 0. The van der Waals surface area contributed by atoms with E-state index in [2.05, 4.69) is 6.92 Å². The first-order valence-electron chi connectivity index (χ1n) is 3.39. The van der Waals surface area contributed by atoms with Gasteiger partial charge in [0.25, 0.3) is 6.26 Å². The largest absolute Gasteiger partial charge is 0.424 e. The van der Waals surface area contributed by atoms with Crippen molar-refractivity contribution in [3.8, 4) is 6.26 Å². The molecule has 0 bridgehead atoms. The van der Waals surface area contributed by atoms with Gasteiger partial charge in [0.2, 0.25) is 0 Å². The van der Waals surface area contributed by atoms with E-state index < -0.39 is 0 Å². The fourth-order valence-corrected chi connectivity index (χ4v) is 0.743. The van der Waals surface area contributed by atoms with E-state index >= 15 is 0 Å². The van der Waals surface area contributed by atoms with Crippen molar-refractivity contribution in [1.82, 2.24) is 0 Å². The fraction of sp³-hybridized carbons (Fsp3) is 0.857. The average molecular weight is 127 g/mol. The number of rotatable bonds is 4. The highest BCUT2D eigenvalue weighted by atomic mass is 16.5. The zero-order chi connectivity index (χ0) is 7.11. The molecule has 0 aliphatic heterocycles. The Balaban J connectivity index is 3.32. The van der Waals surface area contributed by atoms with Crippen LogP contribution in [0.4, 0.5) is 0 Å². The van der Waals surface area contributed by atoms with Crippen LogP contribution in [0.1, 0.15) is 33.1 Å². The number of nitriles is 1. The highest BCUT2D eigenvalue weighted by Crippen LogP contribution is 2.04. The van der Waals surface area contributed by atoms with Crippen molar-refractivity contribution < 1.29 is 4.74 Å². The average Bonchev–Trinajstić information content (AvgIpc) is 1.88. The maximum atomic E-state index is 8.12. The van der Waals surface area contributed by atoms with E-state index in [0.29, 0.717) is 0 Å². The minimum absolute atomic E-state index is 0.153. The molecule has 2 nitrogen and oxygen atoms in total. The molecule has 0 aromatic carbocycles. The molecule has 0 saturated heterocycles. The Morgan fingerprint density at radius 1 is 1.56 bits per heavy atom. The maximum absolute atomic E-state index is 8.12. The minimum Gasteiger partial charge on any atom is -0.424 e. The standard InChI is InChI=1S/C7H13NO/c1-3-5-7(4-2)9-6-8/h7H,3-5H2,1-2H3. The van der Waals surface area contributed by atoms with Crippen LogP contribution >= 0.6 is 0 Å². The predicted octanol–water partition coefficient (Wildman–Crippen LogP) is 2.06. The molecule has 0 radical (unpaired) electrons. The highest BCUT2D eigenvalue weighted by Gasteiger charge is 2.02. The predicted molar refractivity (Wildman–Crippen MR) is 35.7 cm³/mol. The molecule has 0 amide bonds. The van der Waals surface area contributed by atoms with Crippen molar-refractivity contribution in [2.75, 3.05) is 0 Å². The Labute approximate surface area is 56.4 Å². The van der Waals surface area contributed by atoms with Crippen LogP contribution in [0.15, 0.2) is 0 Å². The normalized spacial score (nSPS) is 12.1. The van der Waals surface area contributed by atoms with E-state index in [4.69, 9.17) is 10.00 Å². The number of nitrogens with zero attached hydrogens (tertiary/aromatic N) is 1. The minimum atomic E-state index is 0.153. The SMILES string of the molecule is CCCC(CC)OC#N. The van der Waals surface area contributed by atoms with Gasteiger partial charge in [0.1, 0.15) is 6.10 Å². The molecule has 1 unspecified atom stereocenters. The topological polar surface area (TPSA) is 33.0 Å². The third-order valence-corrected chi connectivity index (χ3v) is 1.29. The zero-order valence-electron chi connectivity index (χ0n) is 6.05. The lowest BCUT2D eigenvalue weighted by molar-refractivity contribution is 0.147. The first kappa shape index (κ1) is 8.29. The van der Waals surface area contributed by atoms with Crippen molar-refractivity contribution in [3.63, 3.8) is 0 Å². The van der Waals surface area contributed by atoms with E-state index in [9.17, 15) is 0 Å². The molecule has 0 aliphatic carbocycles. The van der Waals surface area contributed by atoms with Gasteiger partial charge >= 0.3 is 0 Å². The van der Waals surface area contributed by atoms with E-state index in [1.165, 1.54) is 0 Å². The molecule has 0 aromatic rings. The van der Waals surface area contributed by atoms with Crippen molar-refractivity contribution in [3.05, 3.63) is 0 Å². The van der Waals surface area contributed by atoms with Gasteiger partial charge in [-0.1, -0.05) is 20.3 Å². The fourth-order valence-electron chi connectivity index (χ4n) is 0.743. The molecule has 52 valence electrons. The lowest BCUT2D eigenvalue weighted by Crippen LogP contribution is -2.06. The van der Waals surface area contributed by atoms with Gasteiger partial charge in [-0.2, -0.15) is 5.26 Å². The van der Waals surface area contributed by atoms with Gasteiger partial charge in [0.05, 0.1) is 0 Å². The van der Waals surface area contributed by atoms with Crippen molar-refractivity contribution >= 4 is 0 Å². The number of ether oxygens (including phenoxy) is 1. The Morgan fingerprint density at radius 3 is 2.56 bits per heavy atom. The van der Waals surface area contributed by atoms with Crippen LogP contribution in [0.2, 0.25) is 0 Å². The molecular formula is C7H13NO. The molecule has 1 atom stereocenters. The van der Waals surface area contributed by atoms with Gasteiger partial charge in [-0.25, -0.2) is 0 Å². The van der Waals surface area contributed by atoms with Crippen LogP contribution in [-0.2, 0) is 4.74 Å². The molecule has 0 N–H and O–H groups in total. The van der Waals surface area contributed by atoms with Crippen LogP contribution in [0, 0.1) is 11.5 Å². The summed E-state index contributed by atoms with van der Waals surface area (Å²) < 4.78 is 4.74. The zero-order valence-corrected chi connectivity index (χ0v) is 6.05. The molecule has 0 aliphatic rings. The summed E-state index contributed by atoms with van der Waals surface area (Å²) >= 11 is 0. The lowest BCUT2D eigenvalue weighted by atomic mass is 10.2. The highest BCUT2D eigenvalue weighted by molar-refractivity contribution is 4.59. The maximum Gasteiger partial charge on any atom is 0.286 e. The molecule has 0 saturated carbocycles. The lowest BCUT2D eigenvalue weighted by Gasteiger charge is -2.08. The van der Waals surface area contributed by atoms with E-state index in [1.807, 2.05) is 6.92 Å². The van der Waals surface area contributed by atoms with Crippen molar-refractivity contribution in [2.45, 2.75) is 39.2 Å². The van der Waals surface area contributed by atoms with Gasteiger partial charge in [0.15, 0.2) is 0 Å². The third-order valence-electron chi connectivity index (χ3n) is 1.29. The van der Waals surface area contributed by atoms with Gasteiger partial charge in [0, 0.05) is 0 Å². The summed E-state index contributed by atoms with van der Waals surface area (Å²) in [6.45, 7) is 4.11. The van der Waals surface area contributed by atoms with Crippen molar-refractivity contribution in [2.24, 2.45) is 0 Å². The Hall–Kier alpha value is -0.710. The van der Waals surface area contributed by atoms with Gasteiger partial charge < -0.3 is 4.74 Å². The van der Waals surface area contributed by atoms with Crippen LogP contribution < -0.4 is 0 Å². The Bertz CT molecular complexity index is 95.6. The molecule has 0 spiro atoms. The molecule has 0 aromatic heterocycles. The Kier molecular flexibility index (Phi) is 5.00. The van der Waals surface area contributed by atoms with Crippen LogP contribution in [0.25, 0.3) is 0 Å². The second kappa shape index (κ2) is 5.43. The van der Waals surface area contributed by atoms with Crippen LogP contribution in [0.5, 0.6) is 0 Å². The van der Waals surface area contributed by atoms with E-state index in [-0.39, 0.29) is 6.10 Å². The molecule has 2 heteroatoms. The second-order valence-electron chi connectivity index (χ2n) is 2.03. The summed E-state index contributed by atoms with van der Waals surface area (Å²) in [5, 5.41) is 8.12. The first-order chi connectivity index (χ1) is 4.35. The Morgan fingerprint density at radius 2 is 2.22 bits per heavy atom. The molecule has 0 fully saturated rings. The van der Waals surface area contributed by atoms with Crippen LogP contribution in [0.3, 0.4) is 0 Å². The molecule has 0 heterocycles. The third kappa shape index (κ3) is 3.84.